The minimum absolute atomic E-state index is 0.104. The van der Waals surface area contributed by atoms with Crippen LogP contribution in [0, 0.1) is 10.6 Å². The third-order valence-corrected chi connectivity index (χ3v) is 21.0. The highest BCUT2D eigenvalue weighted by Crippen LogP contribution is 2.43. The Hall–Kier alpha value is -3.62. The number of aromatic amines is 3. The first-order chi connectivity index (χ1) is 39.2. The van der Waals surface area contributed by atoms with E-state index < -0.39 is 155 Å². The van der Waals surface area contributed by atoms with E-state index in [2.05, 4.69) is 104 Å². The molecule has 8 heterocycles. The molecule has 0 spiro atoms. The second-order valence-corrected chi connectivity index (χ2v) is 42.9. The first-order valence-electron chi connectivity index (χ1n) is 27.8. The van der Waals surface area contributed by atoms with Crippen LogP contribution < -0.4 is 27.6 Å². The largest absolute Gasteiger partial charge is 0.388 e. The molecular formula is C53H90N8O19P4S. The fraction of sp³-hybridized carbons (Fsp3) is 0.698. The highest BCUT2D eigenvalue weighted by atomic mass is 32.1. The van der Waals surface area contributed by atoms with Crippen molar-refractivity contribution in [3.05, 3.63) is 60.0 Å². The van der Waals surface area contributed by atoms with E-state index in [9.17, 15) is 74.4 Å². The molecule has 6 aliphatic rings. The van der Waals surface area contributed by atoms with E-state index in [0.717, 1.165) is 24.6 Å². The Morgan fingerprint density at radius 2 is 0.976 bits per heavy atom. The molecule has 0 aromatic carbocycles. The topological polar surface area (TPSA) is 401 Å². The monoisotopic (exact) mass is 1300 g/mol. The summed E-state index contributed by atoms with van der Waals surface area (Å²) in [5.41, 5.74) is -1.62. The van der Waals surface area contributed by atoms with Gasteiger partial charge in [-0.05, 0) is 110 Å². The molecule has 0 bridgehead atoms. The lowest BCUT2D eigenvalue weighted by molar-refractivity contribution is -0.130. The highest BCUT2D eigenvalue weighted by Gasteiger charge is 2.50. The summed E-state index contributed by atoms with van der Waals surface area (Å²) in [7, 11) is 0. The third-order valence-electron chi connectivity index (χ3n) is 14.8. The van der Waals surface area contributed by atoms with Gasteiger partial charge in [0.1, 0.15) is 59.6 Å². The van der Waals surface area contributed by atoms with Gasteiger partial charge < -0.3 is 64.8 Å². The Labute approximate surface area is 499 Å². The molecular weight excluding hydrogens is 1210 g/mol. The maximum Gasteiger partial charge on any atom is 0.328 e. The zero-order chi connectivity index (χ0) is 64.0. The highest BCUT2D eigenvalue weighted by molar-refractivity contribution is 7.73. The number of ether oxygens (including phenoxy) is 4. The van der Waals surface area contributed by atoms with E-state index in [1.54, 1.807) is 6.92 Å². The molecule has 8 rings (SSSR count). The van der Waals surface area contributed by atoms with E-state index in [4.69, 9.17) is 31.2 Å². The van der Waals surface area contributed by atoms with Crippen LogP contribution in [0.5, 0.6) is 0 Å². The number of rotatable bonds is 16. The van der Waals surface area contributed by atoms with Crippen molar-refractivity contribution in [2.45, 2.75) is 137 Å². The molecule has 13 N–H and O–H groups in total. The number of carbonyl (C=O) groups excluding carboxylic acids is 4. The smallest absolute Gasteiger partial charge is 0.328 e. The fourth-order valence-electron chi connectivity index (χ4n) is 9.86. The Morgan fingerprint density at radius 1 is 0.565 bits per heavy atom. The van der Waals surface area contributed by atoms with Gasteiger partial charge >= 0.3 is 23.4 Å². The van der Waals surface area contributed by atoms with Crippen LogP contribution in [0.2, 0.25) is 0 Å². The molecule has 85 heavy (non-hydrogen) atoms. The summed E-state index contributed by atoms with van der Waals surface area (Å²) in [6.07, 6.45) is 10.3. The predicted molar refractivity (Wildman–Crippen MR) is 336 cm³/mol. The van der Waals surface area contributed by atoms with Crippen molar-refractivity contribution in [1.29, 1.82) is 0 Å². The lowest BCUT2D eigenvalue weighted by Gasteiger charge is -2.35. The molecule has 1 unspecified atom stereocenters. The van der Waals surface area contributed by atoms with Crippen LogP contribution in [0.1, 0.15) is 56.9 Å². The van der Waals surface area contributed by atoms with Gasteiger partial charge in [0.25, 0.3) is 5.56 Å². The Morgan fingerprint density at radius 3 is 1.41 bits per heavy atom. The number of amides is 6. The van der Waals surface area contributed by atoms with Crippen LogP contribution in [0.4, 0.5) is 9.59 Å². The quantitative estimate of drug-likeness (QED) is 0.0719. The minimum atomic E-state index is -1.26. The van der Waals surface area contributed by atoms with E-state index in [-0.39, 0.29) is 42.8 Å². The van der Waals surface area contributed by atoms with Gasteiger partial charge in [-0.3, -0.25) is 49.4 Å². The number of hydrogen-bond donors (Lipinski definition) is 13. The summed E-state index contributed by atoms with van der Waals surface area (Å²) in [5, 5.41) is 85.3. The van der Waals surface area contributed by atoms with Crippen molar-refractivity contribution < 1.29 is 79.0 Å². The number of aromatic nitrogens is 4. The first kappa shape index (κ1) is 72.1. The zero-order valence-electron chi connectivity index (χ0n) is 49.8. The van der Waals surface area contributed by atoms with Gasteiger partial charge in [0.2, 0.25) is 11.8 Å². The molecule has 17 atom stereocenters. The number of nitrogens with zero attached hydrogens (tertiary/aromatic N) is 3. The summed E-state index contributed by atoms with van der Waals surface area (Å²) in [6, 6.07) is 0.357. The number of urea groups is 2. The lowest BCUT2D eigenvalue weighted by Crippen LogP contribution is -2.59. The SMILES string of the molecule is C=P(C)(C)CC[C@H]1O[C@@H](N2CC(C)C(=O)NC2=O)[C@H](O)[C@@H]1O.C=P(C)(C)CC[C@H]1O[C@@H](N2CCC(=O)NC2=O)[C@H](O)[C@@H]1O.C=P(C)(C)CC[C@H]1O[C@@H](c2c[nH]c(=O)[nH]c2=O)[C@H](O)[C@@H]1O.C=P(C)(C)CC[C@H]1O[C@@H](n2ccc(=S)[nH]c2=O)[C@H](O)[C@@H]1O. The van der Waals surface area contributed by atoms with Gasteiger partial charge in [-0.2, -0.15) is 0 Å². The molecule has 6 fully saturated rings. The van der Waals surface area contributed by atoms with Crippen molar-refractivity contribution in [2.24, 2.45) is 5.92 Å². The van der Waals surface area contributed by atoms with Crippen molar-refractivity contribution in [3.63, 3.8) is 0 Å². The van der Waals surface area contributed by atoms with Crippen LogP contribution in [-0.4, -0.2) is 296 Å². The van der Waals surface area contributed by atoms with E-state index >= 15 is 0 Å². The number of aliphatic hydroxyl groups is 8. The van der Waals surface area contributed by atoms with E-state index in [1.807, 2.05) is 0 Å². The van der Waals surface area contributed by atoms with Crippen LogP contribution in [0.3, 0.4) is 0 Å². The zero-order valence-corrected chi connectivity index (χ0v) is 54.2. The van der Waals surface area contributed by atoms with Gasteiger partial charge in [0.05, 0.1) is 35.9 Å². The Kier molecular flexibility index (Phi) is 25.3. The molecule has 482 valence electrons. The second-order valence-electron chi connectivity index (χ2n) is 25.2. The van der Waals surface area contributed by atoms with E-state index in [0.29, 0.717) is 30.3 Å². The maximum atomic E-state index is 11.9. The number of imide groups is 2. The molecule has 2 aromatic rings. The summed E-state index contributed by atoms with van der Waals surface area (Å²) in [5.74, 6) is -1.06. The number of carbonyl (C=O) groups is 4. The van der Waals surface area contributed by atoms with Gasteiger partial charge in [0, 0.05) is 31.9 Å². The lowest BCUT2D eigenvalue weighted by atomic mass is 10.0. The maximum absolute atomic E-state index is 11.9. The normalized spacial score (nSPS) is 32.6. The minimum Gasteiger partial charge on any atom is -0.388 e. The number of aliphatic hydroxyl groups excluding tert-OH is 8. The molecule has 0 radical (unpaired) electrons. The van der Waals surface area contributed by atoms with Crippen LogP contribution in [0.25, 0.3) is 0 Å². The van der Waals surface area contributed by atoms with Crippen LogP contribution in [-0.2, 0) is 28.5 Å². The fourth-order valence-corrected chi connectivity index (χ4v) is 13.8. The Bertz CT molecular complexity index is 3000. The average molecular weight is 1300 g/mol. The standard InChI is InChI=1S/C14H25N2O5P.C13H23N2O5P.C13H21N2O5P.C13H21N2O4PS/c1-8-7-16(14(20)15-12(8)19)13-11(18)10(17)9(21-13)5-6-22(2,3)4;1-21(2,3)7-5-8-10(17)11(18)12(20-8)15-6-4-9(16)14-13(15)19;1-21(2,3)5-4-8-9(16)10(17)11(20-8)7-6-14-13(19)15-12(7)18;1-20(2,3)7-5-8-10(16)11(17)12(19-8)15-6-4-9(21)14-13(15)18/h8-11,13,17-18H,2,5-7H2,1,3-4H3,(H,15,19,20);8,10-12,17-18H,1,4-7H2,2-3H3,(H,14,16,19);6,8-11,16-17H,1,4-5H2,2-3H3,(H2,14,15,18,19);4,6,8,10-12,16-17H,1,5,7H2,2-3H3,(H,14,18,21)/t8?,9-,10-,11-,13-;8-,10-,11-,12-;8-,9-,10-,11+;8-,10-,11-,12-/m1111/s1. The van der Waals surface area contributed by atoms with Gasteiger partial charge in [0.15, 0.2) is 18.7 Å². The van der Waals surface area contributed by atoms with Crippen molar-refractivity contribution >= 4 is 88.8 Å². The first-order valence-corrected chi connectivity index (χ1v) is 40.4. The van der Waals surface area contributed by atoms with E-state index in [1.165, 1.54) is 32.8 Å². The van der Waals surface area contributed by atoms with Gasteiger partial charge in [-0.25, -0.2) is 19.2 Å². The summed E-state index contributed by atoms with van der Waals surface area (Å²) >= 11 is 4.87. The molecule has 6 saturated heterocycles. The van der Waals surface area contributed by atoms with Crippen molar-refractivity contribution in [1.82, 2.24) is 40.0 Å². The summed E-state index contributed by atoms with van der Waals surface area (Å²) in [6.45, 7) is 13.8. The molecule has 0 aliphatic carbocycles. The third kappa shape index (κ3) is 20.5. The molecule has 32 heteroatoms. The molecule has 27 nitrogen and oxygen atoms in total. The second kappa shape index (κ2) is 29.8. The predicted octanol–water partition coefficient (Wildman–Crippen LogP) is -0.857. The van der Waals surface area contributed by atoms with Crippen molar-refractivity contribution in [2.75, 3.05) is 91.1 Å². The number of nitrogens with one attached hydrogen (secondary N) is 5. The number of hydrogen-bond acceptors (Lipinski definition) is 20. The average Bonchev–Trinajstić information content (AvgIpc) is 3.73. The van der Waals surface area contributed by atoms with Crippen LogP contribution in [0.15, 0.2) is 32.8 Å². The summed E-state index contributed by atoms with van der Waals surface area (Å²) in [4.78, 5) is 90.4. The van der Waals surface area contributed by atoms with Crippen LogP contribution >= 0.6 is 39.8 Å². The molecule has 0 saturated carbocycles. The number of H-pyrrole nitrogens is 3. The van der Waals surface area contributed by atoms with Crippen molar-refractivity contribution in [3.8, 4) is 0 Å². The van der Waals surface area contributed by atoms with Gasteiger partial charge in [-0.15, -0.1) is 52.7 Å². The molecule has 2 aromatic heterocycles. The Balaban J connectivity index is 0.000000207. The summed E-state index contributed by atoms with van der Waals surface area (Å²) < 4.78 is 24.2. The molecule has 6 aliphatic heterocycles. The molecule has 6 amide bonds. The van der Waals surface area contributed by atoms with Gasteiger partial charge in [-0.1, -0.05) is 19.1 Å².